The first kappa shape index (κ1) is 15.1. The number of pyridine rings is 1. The van der Waals surface area contributed by atoms with Gasteiger partial charge in [-0.2, -0.15) is 13.2 Å². The molecule has 1 aromatic heterocycles. The van der Waals surface area contributed by atoms with Gasteiger partial charge in [-0.15, -0.1) is 0 Å². The zero-order chi connectivity index (χ0) is 14.8. The Hall–Kier alpha value is -1.30. The van der Waals surface area contributed by atoms with E-state index >= 15 is 0 Å². The van der Waals surface area contributed by atoms with Gasteiger partial charge in [0.25, 0.3) is 0 Å². The number of anilines is 1. The minimum atomic E-state index is -4.13. The molecule has 2 N–H and O–H groups in total. The monoisotopic (exact) mass is 287 g/mol. The number of nitrogens with zero attached hydrogens (tertiary/aromatic N) is 2. The van der Waals surface area contributed by atoms with Gasteiger partial charge in [0.15, 0.2) is 0 Å². The first-order chi connectivity index (χ1) is 9.38. The van der Waals surface area contributed by atoms with Crippen LogP contribution in [0.3, 0.4) is 0 Å². The van der Waals surface area contributed by atoms with Crippen molar-refractivity contribution in [1.82, 2.24) is 4.98 Å². The molecule has 112 valence electrons. The van der Waals surface area contributed by atoms with E-state index in [1.165, 1.54) is 0 Å². The van der Waals surface area contributed by atoms with Crippen molar-refractivity contribution < 1.29 is 13.2 Å². The molecule has 1 saturated heterocycles. The van der Waals surface area contributed by atoms with Crippen LogP contribution in [-0.4, -0.2) is 30.3 Å². The lowest BCUT2D eigenvalue weighted by Crippen LogP contribution is -2.42. The summed E-state index contributed by atoms with van der Waals surface area (Å²) in [6.07, 6.45) is -1.14. The second-order valence-electron chi connectivity index (χ2n) is 5.49. The van der Waals surface area contributed by atoms with E-state index in [0.29, 0.717) is 25.2 Å². The highest BCUT2D eigenvalue weighted by atomic mass is 19.4. The van der Waals surface area contributed by atoms with Crippen molar-refractivity contribution in [2.75, 3.05) is 18.0 Å². The maximum Gasteiger partial charge on any atom is 0.393 e. The van der Waals surface area contributed by atoms with Gasteiger partial charge in [0, 0.05) is 25.3 Å². The van der Waals surface area contributed by atoms with E-state index in [1.807, 2.05) is 13.0 Å². The Bertz CT molecular complexity index is 446. The smallest absolute Gasteiger partial charge is 0.356 e. The SMILES string of the molecule is CC(N)Cc1cccnc1N1CCCC(C(F)(F)F)C1. The van der Waals surface area contributed by atoms with E-state index in [4.69, 9.17) is 5.73 Å². The Labute approximate surface area is 117 Å². The van der Waals surface area contributed by atoms with Crippen molar-refractivity contribution in [3.05, 3.63) is 23.9 Å². The molecule has 20 heavy (non-hydrogen) atoms. The summed E-state index contributed by atoms with van der Waals surface area (Å²) >= 11 is 0. The minimum absolute atomic E-state index is 0.00747. The van der Waals surface area contributed by atoms with Crippen molar-refractivity contribution in [3.63, 3.8) is 0 Å². The quantitative estimate of drug-likeness (QED) is 0.929. The number of halogens is 3. The molecule has 0 spiro atoms. The molecule has 2 atom stereocenters. The molecule has 2 heterocycles. The van der Waals surface area contributed by atoms with Gasteiger partial charge < -0.3 is 10.6 Å². The standard InChI is InChI=1S/C14H20F3N3/c1-10(18)8-11-4-2-6-19-13(11)20-7-3-5-12(9-20)14(15,16)17/h2,4,6,10,12H,3,5,7-9,18H2,1H3. The second kappa shape index (κ2) is 5.99. The van der Waals surface area contributed by atoms with Gasteiger partial charge >= 0.3 is 6.18 Å². The maximum absolute atomic E-state index is 12.9. The van der Waals surface area contributed by atoms with Gasteiger partial charge in [-0.3, -0.25) is 0 Å². The average Bonchev–Trinajstić information content (AvgIpc) is 2.38. The second-order valence-corrected chi connectivity index (χ2v) is 5.49. The molecular weight excluding hydrogens is 267 g/mol. The van der Waals surface area contributed by atoms with Gasteiger partial charge in [-0.25, -0.2) is 4.98 Å². The zero-order valence-electron chi connectivity index (χ0n) is 11.5. The zero-order valence-corrected chi connectivity index (χ0v) is 11.5. The number of nitrogens with two attached hydrogens (primary N) is 1. The molecule has 3 nitrogen and oxygen atoms in total. The molecule has 0 saturated carbocycles. The first-order valence-electron chi connectivity index (χ1n) is 6.89. The average molecular weight is 287 g/mol. The molecule has 0 aliphatic carbocycles. The largest absolute Gasteiger partial charge is 0.393 e. The third kappa shape index (κ3) is 3.62. The van der Waals surface area contributed by atoms with Crippen LogP contribution in [0.4, 0.5) is 19.0 Å². The third-order valence-electron chi connectivity index (χ3n) is 3.59. The van der Waals surface area contributed by atoms with Crippen molar-refractivity contribution in [1.29, 1.82) is 0 Å². The highest BCUT2D eigenvalue weighted by Gasteiger charge is 2.42. The highest BCUT2D eigenvalue weighted by Crippen LogP contribution is 2.35. The van der Waals surface area contributed by atoms with E-state index in [1.54, 1.807) is 17.2 Å². The fourth-order valence-electron chi connectivity index (χ4n) is 2.66. The normalized spacial score (nSPS) is 21.9. The highest BCUT2D eigenvalue weighted by molar-refractivity contribution is 5.47. The van der Waals surface area contributed by atoms with Crippen LogP contribution in [0.5, 0.6) is 0 Å². The Morgan fingerprint density at radius 3 is 2.90 bits per heavy atom. The van der Waals surface area contributed by atoms with Gasteiger partial charge in [0.05, 0.1) is 5.92 Å². The molecule has 0 amide bonds. The van der Waals surface area contributed by atoms with E-state index in [-0.39, 0.29) is 19.0 Å². The first-order valence-corrected chi connectivity index (χ1v) is 6.89. The molecule has 0 bridgehead atoms. The Balaban J connectivity index is 2.18. The molecule has 2 unspecified atom stereocenters. The van der Waals surface area contributed by atoms with Gasteiger partial charge in [-0.05, 0) is 37.8 Å². The summed E-state index contributed by atoms with van der Waals surface area (Å²) in [6.45, 7) is 2.49. The van der Waals surface area contributed by atoms with Crippen LogP contribution in [0.25, 0.3) is 0 Å². The van der Waals surface area contributed by atoms with Crippen LogP contribution in [0.15, 0.2) is 18.3 Å². The van der Waals surface area contributed by atoms with Gasteiger partial charge in [0.2, 0.25) is 0 Å². The molecule has 2 rings (SSSR count). The molecule has 1 aliphatic heterocycles. The van der Waals surface area contributed by atoms with E-state index in [0.717, 1.165) is 5.56 Å². The summed E-state index contributed by atoms with van der Waals surface area (Å²) in [5.74, 6) is -0.611. The predicted octanol–water partition coefficient (Wildman–Crippen LogP) is 2.75. The third-order valence-corrected chi connectivity index (χ3v) is 3.59. The summed E-state index contributed by atoms with van der Waals surface area (Å²) in [7, 11) is 0. The molecule has 0 radical (unpaired) electrons. The number of hydrogen-bond acceptors (Lipinski definition) is 3. The fraction of sp³-hybridized carbons (Fsp3) is 0.643. The molecule has 6 heteroatoms. The lowest BCUT2D eigenvalue weighted by Gasteiger charge is -2.35. The predicted molar refractivity (Wildman–Crippen MR) is 72.6 cm³/mol. The van der Waals surface area contributed by atoms with Crippen LogP contribution in [0, 0.1) is 5.92 Å². The van der Waals surface area contributed by atoms with E-state index in [2.05, 4.69) is 4.98 Å². The summed E-state index contributed by atoms with van der Waals surface area (Å²) in [5.41, 5.74) is 6.71. The molecule has 1 fully saturated rings. The maximum atomic E-state index is 12.9. The topological polar surface area (TPSA) is 42.1 Å². The summed E-state index contributed by atoms with van der Waals surface area (Å²) in [5, 5.41) is 0. The summed E-state index contributed by atoms with van der Waals surface area (Å²) in [6, 6.07) is 3.65. The Morgan fingerprint density at radius 1 is 1.50 bits per heavy atom. The van der Waals surface area contributed by atoms with Gasteiger partial charge in [-0.1, -0.05) is 6.07 Å². The van der Waals surface area contributed by atoms with E-state index in [9.17, 15) is 13.2 Å². The molecule has 1 aromatic rings. The van der Waals surface area contributed by atoms with Crippen molar-refractivity contribution in [3.8, 4) is 0 Å². The summed E-state index contributed by atoms with van der Waals surface area (Å²) in [4.78, 5) is 6.02. The van der Waals surface area contributed by atoms with Crippen molar-refractivity contribution >= 4 is 5.82 Å². The minimum Gasteiger partial charge on any atom is -0.356 e. The summed E-state index contributed by atoms with van der Waals surface area (Å²) < 4.78 is 38.6. The van der Waals surface area contributed by atoms with Crippen molar-refractivity contribution in [2.24, 2.45) is 11.7 Å². The lowest BCUT2D eigenvalue weighted by molar-refractivity contribution is -0.176. The van der Waals surface area contributed by atoms with Crippen LogP contribution in [0.2, 0.25) is 0 Å². The number of piperidine rings is 1. The van der Waals surface area contributed by atoms with E-state index < -0.39 is 12.1 Å². The van der Waals surface area contributed by atoms with Crippen LogP contribution < -0.4 is 10.6 Å². The lowest BCUT2D eigenvalue weighted by atomic mass is 9.96. The fourth-order valence-corrected chi connectivity index (χ4v) is 2.66. The Kier molecular flexibility index (Phi) is 4.52. The number of aromatic nitrogens is 1. The molecule has 0 aromatic carbocycles. The van der Waals surface area contributed by atoms with Gasteiger partial charge in [0.1, 0.15) is 5.82 Å². The Morgan fingerprint density at radius 2 is 2.25 bits per heavy atom. The van der Waals surface area contributed by atoms with Crippen molar-refractivity contribution in [2.45, 2.75) is 38.4 Å². The molecule has 1 aliphatic rings. The number of hydrogen-bond donors (Lipinski definition) is 1. The van der Waals surface area contributed by atoms with Crippen LogP contribution in [0.1, 0.15) is 25.3 Å². The van der Waals surface area contributed by atoms with Crippen LogP contribution >= 0.6 is 0 Å². The molecular formula is C14H20F3N3. The number of alkyl halides is 3. The number of rotatable bonds is 3. The van der Waals surface area contributed by atoms with Crippen LogP contribution in [-0.2, 0) is 6.42 Å².